The molecule has 1 atom stereocenters. The van der Waals surface area contributed by atoms with Crippen LogP contribution >= 0.6 is 11.8 Å². The molecule has 0 aliphatic carbocycles. The van der Waals surface area contributed by atoms with Crippen molar-refractivity contribution < 1.29 is 9.90 Å². The maximum Gasteiger partial charge on any atom is 0.129 e. The predicted octanol–water partition coefficient (Wildman–Crippen LogP) is 2.11. The third-order valence-corrected chi connectivity index (χ3v) is 3.16. The van der Waals surface area contributed by atoms with Crippen molar-refractivity contribution in [2.75, 3.05) is 18.1 Å². The highest BCUT2D eigenvalue weighted by Gasteiger charge is 1.99. The topological polar surface area (TPSA) is 37.3 Å². The summed E-state index contributed by atoms with van der Waals surface area (Å²) in [5.74, 6) is 2.82. The van der Waals surface area contributed by atoms with Gasteiger partial charge in [-0.1, -0.05) is 6.92 Å². The van der Waals surface area contributed by atoms with Gasteiger partial charge in [0.05, 0.1) is 0 Å². The van der Waals surface area contributed by atoms with Gasteiger partial charge in [0, 0.05) is 13.0 Å². The smallest absolute Gasteiger partial charge is 0.129 e. The molecule has 3 heteroatoms. The Labute approximate surface area is 85.1 Å². The summed E-state index contributed by atoms with van der Waals surface area (Å²) < 4.78 is 0. The zero-order valence-electron chi connectivity index (χ0n) is 8.58. The van der Waals surface area contributed by atoms with Gasteiger partial charge in [0.2, 0.25) is 0 Å². The highest BCUT2D eigenvalue weighted by Crippen LogP contribution is 2.10. The van der Waals surface area contributed by atoms with Crippen LogP contribution < -0.4 is 0 Å². The average molecular weight is 204 g/mol. The molecule has 0 fully saturated rings. The Hall–Kier alpha value is -0.0200. The number of aliphatic hydroxyl groups excluding tert-OH is 1. The zero-order chi connectivity index (χ0) is 10.1. The summed E-state index contributed by atoms with van der Waals surface area (Å²) in [7, 11) is 0. The third kappa shape index (κ3) is 9.90. The molecule has 0 radical (unpaired) electrons. The van der Waals surface area contributed by atoms with Crippen molar-refractivity contribution in [3.8, 4) is 0 Å². The van der Waals surface area contributed by atoms with Gasteiger partial charge in [0.1, 0.15) is 5.78 Å². The minimum Gasteiger partial charge on any atom is -0.396 e. The minimum absolute atomic E-state index is 0.278. The van der Waals surface area contributed by atoms with Crippen LogP contribution in [0.25, 0.3) is 0 Å². The summed E-state index contributed by atoms with van der Waals surface area (Å²) in [6.45, 7) is 3.96. The molecule has 0 aliphatic heterocycles. The molecule has 13 heavy (non-hydrogen) atoms. The molecule has 1 unspecified atom stereocenters. The van der Waals surface area contributed by atoms with Crippen LogP contribution in [0.2, 0.25) is 0 Å². The number of Topliss-reactive ketones (excluding diaryl/α,β-unsaturated/α-hetero) is 1. The molecular formula is C10H20O2S. The molecule has 0 aromatic carbocycles. The van der Waals surface area contributed by atoms with E-state index in [1.807, 2.05) is 18.7 Å². The molecule has 0 aromatic heterocycles. The number of aliphatic hydroxyl groups is 1. The first kappa shape index (κ1) is 13.0. The number of carbonyl (C=O) groups excluding carboxylic acids is 1. The number of hydrogen-bond acceptors (Lipinski definition) is 3. The lowest BCUT2D eigenvalue weighted by molar-refractivity contribution is -0.117. The highest BCUT2D eigenvalue weighted by molar-refractivity contribution is 7.99. The van der Waals surface area contributed by atoms with Crippen molar-refractivity contribution in [1.29, 1.82) is 0 Å². The molecule has 1 N–H and O–H groups in total. The number of thioether (sulfide) groups is 1. The van der Waals surface area contributed by atoms with E-state index in [1.165, 1.54) is 0 Å². The Kier molecular flexibility index (Phi) is 8.56. The van der Waals surface area contributed by atoms with E-state index < -0.39 is 0 Å². The van der Waals surface area contributed by atoms with Crippen LogP contribution in [0.5, 0.6) is 0 Å². The van der Waals surface area contributed by atoms with Crippen LogP contribution in [0, 0.1) is 5.92 Å². The summed E-state index contributed by atoms with van der Waals surface area (Å²) in [5.41, 5.74) is 0. The van der Waals surface area contributed by atoms with Gasteiger partial charge < -0.3 is 9.90 Å². The Morgan fingerprint density at radius 1 is 1.46 bits per heavy atom. The lowest BCUT2D eigenvalue weighted by atomic mass is 10.2. The number of carbonyl (C=O) groups is 1. The molecule has 0 saturated carbocycles. The minimum atomic E-state index is 0.278. The molecule has 0 saturated heterocycles. The highest BCUT2D eigenvalue weighted by atomic mass is 32.2. The maximum atomic E-state index is 10.6. The fourth-order valence-corrected chi connectivity index (χ4v) is 2.00. The molecule has 0 spiro atoms. The maximum absolute atomic E-state index is 10.6. The molecular weight excluding hydrogens is 184 g/mol. The van der Waals surface area contributed by atoms with Gasteiger partial charge in [-0.15, -0.1) is 0 Å². The Morgan fingerprint density at radius 3 is 2.69 bits per heavy atom. The van der Waals surface area contributed by atoms with E-state index >= 15 is 0 Å². The molecule has 0 aromatic rings. The van der Waals surface area contributed by atoms with E-state index in [1.54, 1.807) is 6.92 Å². The van der Waals surface area contributed by atoms with Crippen LogP contribution in [-0.2, 0) is 4.79 Å². The SMILES string of the molecule is CC(=O)CCCCSCC(C)CO. The lowest BCUT2D eigenvalue weighted by Crippen LogP contribution is -2.03. The monoisotopic (exact) mass is 204 g/mol. The van der Waals surface area contributed by atoms with Gasteiger partial charge in [-0.2, -0.15) is 11.8 Å². The first-order valence-electron chi connectivity index (χ1n) is 4.85. The summed E-state index contributed by atoms with van der Waals surface area (Å²) in [6, 6.07) is 0. The van der Waals surface area contributed by atoms with Crippen LogP contribution in [-0.4, -0.2) is 29.0 Å². The largest absolute Gasteiger partial charge is 0.396 e. The van der Waals surface area contributed by atoms with Gasteiger partial charge in [-0.25, -0.2) is 0 Å². The van der Waals surface area contributed by atoms with E-state index in [4.69, 9.17) is 5.11 Å². The number of unbranched alkanes of at least 4 members (excludes halogenated alkanes) is 1. The second kappa shape index (κ2) is 8.57. The van der Waals surface area contributed by atoms with E-state index in [2.05, 4.69) is 0 Å². The molecule has 2 nitrogen and oxygen atoms in total. The van der Waals surface area contributed by atoms with Crippen molar-refractivity contribution in [3.63, 3.8) is 0 Å². The summed E-state index contributed by atoms with van der Waals surface area (Å²) in [5, 5.41) is 8.75. The quantitative estimate of drug-likeness (QED) is 0.615. The molecule has 0 rings (SSSR count). The fourth-order valence-electron chi connectivity index (χ4n) is 0.915. The van der Waals surface area contributed by atoms with E-state index in [0.29, 0.717) is 5.92 Å². The van der Waals surface area contributed by atoms with E-state index in [0.717, 1.165) is 30.8 Å². The Morgan fingerprint density at radius 2 is 2.15 bits per heavy atom. The van der Waals surface area contributed by atoms with Gasteiger partial charge in [-0.05, 0) is 37.2 Å². The van der Waals surface area contributed by atoms with Crippen molar-refractivity contribution >= 4 is 17.5 Å². The third-order valence-electron chi connectivity index (χ3n) is 1.78. The molecule has 0 bridgehead atoms. The number of rotatable bonds is 8. The van der Waals surface area contributed by atoms with Crippen molar-refractivity contribution in [2.24, 2.45) is 5.92 Å². The molecule has 78 valence electrons. The predicted molar refractivity (Wildman–Crippen MR) is 58.1 cm³/mol. The average Bonchev–Trinajstić information content (AvgIpc) is 2.10. The molecule has 0 aliphatic rings. The Balaban J connectivity index is 3.04. The van der Waals surface area contributed by atoms with Crippen molar-refractivity contribution in [2.45, 2.75) is 33.1 Å². The fraction of sp³-hybridized carbons (Fsp3) is 0.900. The van der Waals surface area contributed by atoms with Crippen LogP contribution in [0.3, 0.4) is 0 Å². The number of ketones is 1. The first-order valence-corrected chi connectivity index (χ1v) is 6.00. The van der Waals surface area contributed by atoms with Crippen molar-refractivity contribution in [3.05, 3.63) is 0 Å². The standard InChI is InChI=1S/C10H20O2S/c1-9(7-11)8-13-6-4-3-5-10(2)12/h9,11H,3-8H2,1-2H3. The summed E-state index contributed by atoms with van der Waals surface area (Å²) in [6.07, 6.45) is 2.84. The second-order valence-corrected chi connectivity index (χ2v) is 4.67. The van der Waals surface area contributed by atoms with E-state index in [9.17, 15) is 4.79 Å². The van der Waals surface area contributed by atoms with Gasteiger partial charge in [0.25, 0.3) is 0 Å². The van der Waals surface area contributed by atoms with Crippen LogP contribution in [0.15, 0.2) is 0 Å². The van der Waals surface area contributed by atoms with Crippen molar-refractivity contribution in [1.82, 2.24) is 0 Å². The first-order chi connectivity index (χ1) is 6.16. The van der Waals surface area contributed by atoms with Gasteiger partial charge >= 0.3 is 0 Å². The Bertz CT molecular complexity index is 137. The van der Waals surface area contributed by atoms with E-state index in [-0.39, 0.29) is 12.4 Å². The van der Waals surface area contributed by atoms with Gasteiger partial charge in [0.15, 0.2) is 0 Å². The summed E-state index contributed by atoms with van der Waals surface area (Å²) in [4.78, 5) is 10.6. The van der Waals surface area contributed by atoms with Crippen LogP contribution in [0.1, 0.15) is 33.1 Å². The number of hydrogen-bond donors (Lipinski definition) is 1. The zero-order valence-corrected chi connectivity index (χ0v) is 9.40. The molecule has 0 amide bonds. The van der Waals surface area contributed by atoms with Gasteiger partial charge in [-0.3, -0.25) is 0 Å². The lowest BCUT2D eigenvalue weighted by Gasteiger charge is -2.06. The molecule has 0 heterocycles. The normalized spacial score (nSPS) is 12.8. The summed E-state index contributed by atoms with van der Waals surface area (Å²) >= 11 is 1.87. The second-order valence-electron chi connectivity index (χ2n) is 3.52. The van der Waals surface area contributed by atoms with Crippen LogP contribution in [0.4, 0.5) is 0 Å².